The van der Waals surface area contributed by atoms with E-state index in [0.717, 1.165) is 33.5 Å². The van der Waals surface area contributed by atoms with Crippen LogP contribution in [0.4, 0.5) is 0 Å². The molecule has 2 nitrogen and oxygen atoms in total. The van der Waals surface area contributed by atoms with Gasteiger partial charge >= 0.3 is 0 Å². The first-order valence-corrected chi connectivity index (χ1v) is 19.7. The SMILES string of the molecule is CC1(C)c2ccc(-c3cccc(-c4ccc(-c5cc(-c6cccc7ccccc67)nc(-c6ccccc6)n5)c5ccccc45)c3)cc2-c2cc3ccccc3cc21. The van der Waals surface area contributed by atoms with Gasteiger partial charge in [0.05, 0.1) is 11.4 Å². The first kappa shape index (κ1) is 33.2. The van der Waals surface area contributed by atoms with Crippen LogP contribution in [-0.4, -0.2) is 9.97 Å². The van der Waals surface area contributed by atoms with Crippen molar-refractivity contribution in [2.75, 3.05) is 0 Å². The summed E-state index contributed by atoms with van der Waals surface area (Å²) in [5.41, 5.74) is 15.2. The Morgan fingerprint density at radius 2 is 0.860 bits per heavy atom. The number of benzene rings is 9. The average molecular weight is 727 g/mol. The van der Waals surface area contributed by atoms with E-state index in [1.165, 1.54) is 71.4 Å². The number of aromatic nitrogens is 2. The summed E-state index contributed by atoms with van der Waals surface area (Å²) in [7, 11) is 0. The van der Waals surface area contributed by atoms with Crippen molar-refractivity contribution in [2.45, 2.75) is 19.3 Å². The normalized spacial score (nSPS) is 12.9. The fraction of sp³-hybridized carbons (Fsp3) is 0.0545. The molecule has 1 aliphatic carbocycles. The number of fused-ring (bicyclic) bond motifs is 6. The van der Waals surface area contributed by atoms with Crippen molar-refractivity contribution in [3.05, 3.63) is 205 Å². The Hall–Kier alpha value is -7.16. The number of rotatable bonds is 5. The van der Waals surface area contributed by atoms with Gasteiger partial charge in [-0.05, 0) is 107 Å². The summed E-state index contributed by atoms with van der Waals surface area (Å²) in [5, 5.41) is 7.29. The van der Waals surface area contributed by atoms with Gasteiger partial charge in [0.15, 0.2) is 5.82 Å². The van der Waals surface area contributed by atoms with Crippen LogP contribution >= 0.6 is 0 Å². The third-order valence-corrected chi connectivity index (χ3v) is 12.1. The van der Waals surface area contributed by atoms with Gasteiger partial charge in [0.25, 0.3) is 0 Å². The molecule has 9 aromatic carbocycles. The minimum absolute atomic E-state index is 0.0586. The minimum atomic E-state index is -0.0586. The van der Waals surface area contributed by atoms with E-state index < -0.39 is 0 Å². The molecule has 268 valence electrons. The third kappa shape index (κ3) is 5.48. The summed E-state index contributed by atoms with van der Waals surface area (Å²) in [4.78, 5) is 10.4. The van der Waals surface area contributed by atoms with Crippen molar-refractivity contribution < 1.29 is 0 Å². The summed E-state index contributed by atoms with van der Waals surface area (Å²) in [6.07, 6.45) is 0. The van der Waals surface area contributed by atoms with Crippen molar-refractivity contribution in [1.29, 1.82) is 0 Å². The van der Waals surface area contributed by atoms with Crippen molar-refractivity contribution in [2.24, 2.45) is 0 Å². The van der Waals surface area contributed by atoms with Crippen molar-refractivity contribution >= 4 is 32.3 Å². The van der Waals surface area contributed by atoms with E-state index in [2.05, 4.69) is 190 Å². The molecule has 1 heterocycles. The highest BCUT2D eigenvalue weighted by molar-refractivity contribution is 6.06. The first-order chi connectivity index (χ1) is 28.0. The maximum atomic E-state index is 5.25. The summed E-state index contributed by atoms with van der Waals surface area (Å²) < 4.78 is 0. The maximum absolute atomic E-state index is 5.25. The Morgan fingerprint density at radius 3 is 1.65 bits per heavy atom. The van der Waals surface area contributed by atoms with Gasteiger partial charge in [-0.2, -0.15) is 0 Å². The molecular weight excluding hydrogens is 689 g/mol. The molecule has 11 rings (SSSR count). The van der Waals surface area contributed by atoms with E-state index in [-0.39, 0.29) is 5.41 Å². The highest BCUT2D eigenvalue weighted by Crippen LogP contribution is 2.51. The summed E-state index contributed by atoms with van der Waals surface area (Å²) in [5.74, 6) is 0.713. The predicted octanol–water partition coefficient (Wildman–Crippen LogP) is 14.6. The molecule has 0 spiro atoms. The zero-order chi connectivity index (χ0) is 38.1. The van der Waals surface area contributed by atoms with Crippen molar-refractivity contribution in [3.8, 4) is 67.3 Å². The second-order valence-electron chi connectivity index (χ2n) is 15.8. The maximum Gasteiger partial charge on any atom is 0.160 e. The summed E-state index contributed by atoms with van der Waals surface area (Å²) >= 11 is 0. The van der Waals surface area contributed by atoms with E-state index in [1.54, 1.807) is 0 Å². The largest absolute Gasteiger partial charge is 0.228 e. The Kier molecular flexibility index (Phi) is 7.55. The molecule has 0 atom stereocenters. The summed E-state index contributed by atoms with van der Waals surface area (Å²) in [6, 6.07) is 70.2. The molecule has 1 aliphatic rings. The lowest BCUT2D eigenvalue weighted by molar-refractivity contribution is 0.661. The highest BCUT2D eigenvalue weighted by Gasteiger charge is 2.35. The quantitative estimate of drug-likeness (QED) is 0.176. The molecule has 0 saturated heterocycles. The van der Waals surface area contributed by atoms with Gasteiger partial charge < -0.3 is 0 Å². The molecule has 0 fully saturated rings. The molecule has 0 unspecified atom stereocenters. The molecule has 0 amide bonds. The van der Waals surface area contributed by atoms with Crippen LogP contribution in [0.3, 0.4) is 0 Å². The van der Waals surface area contributed by atoms with Crippen LogP contribution in [0.5, 0.6) is 0 Å². The first-order valence-electron chi connectivity index (χ1n) is 19.7. The fourth-order valence-electron chi connectivity index (χ4n) is 9.15. The molecule has 0 aliphatic heterocycles. The van der Waals surface area contributed by atoms with Crippen molar-refractivity contribution in [1.82, 2.24) is 9.97 Å². The zero-order valence-corrected chi connectivity index (χ0v) is 31.9. The van der Waals surface area contributed by atoms with Gasteiger partial charge in [-0.3, -0.25) is 0 Å². The van der Waals surface area contributed by atoms with E-state index in [0.29, 0.717) is 5.82 Å². The van der Waals surface area contributed by atoms with Crippen LogP contribution < -0.4 is 0 Å². The standard InChI is InChI=1S/C55H38N2/c1-55(2)50-29-26-40(32-48(50)49-31-38-17-6-7-18-39(38)33-51(49)55)37-20-12-21-41(30-37)43-27-28-47(45-24-11-10-23-44(43)45)53-34-52(56-54(57-53)36-15-4-3-5-16-36)46-25-13-19-35-14-8-9-22-42(35)46/h3-34H,1-2H3. The number of nitrogens with zero attached hydrogens (tertiary/aromatic N) is 2. The van der Waals surface area contributed by atoms with Crippen LogP contribution in [0.25, 0.3) is 99.6 Å². The van der Waals surface area contributed by atoms with Gasteiger partial charge in [-0.25, -0.2) is 9.97 Å². The molecular formula is C55H38N2. The second kappa shape index (κ2) is 13.0. The zero-order valence-electron chi connectivity index (χ0n) is 31.9. The van der Waals surface area contributed by atoms with Gasteiger partial charge in [-0.15, -0.1) is 0 Å². The predicted molar refractivity (Wildman–Crippen MR) is 239 cm³/mol. The molecule has 0 saturated carbocycles. The number of hydrogen-bond donors (Lipinski definition) is 0. The molecule has 57 heavy (non-hydrogen) atoms. The van der Waals surface area contributed by atoms with E-state index in [4.69, 9.17) is 9.97 Å². The fourth-order valence-corrected chi connectivity index (χ4v) is 9.15. The van der Waals surface area contributed by atoms with Crippen LogP contribution in [-0.2, 0) is 5.41 Å². The molecule has 0 N–H and O–H groups in total. The van der Waals surface area contributed by atoms with Crippen LogP contribution in [0, 0.1) is 0 Å². The minimum Gasteiger partial charge on any atom is -0.228 e. The lowest BCUT2D eigenvalue weighted by Gasteiger charge is -2.22. The molecule has 0 bridgehead atoms. The van der Waals surface area contributed by atoms with Gasteiger partial charge in [0.2, 0.25) is 0 Å². The Bertz CT molecular complexity index is 3210. The van der Waals surface area contributed by atoms with Crippen LogP contribution in [0.15, 0.2) is 194 Å². The van der Waals surface area contributed by atoms with Gasteiger partial charge in [0.1, 0.15) is 0 Å². The van der Waals surface area contributed by atoms with Crippen molar-refractivity contribution in [3.63, 3.8) is 0 Å². The van der Waals surface area contributed by atoms with Crippen LogP contribution in [0.2, 0.25) is 0 Å². The Morgan fingerprint density at radius 1 is 0.316 bits per heavy atom. The lowest BCUT2D eigenvalue weighted by atomic mass is 9.81. The summed E-state index contributed by atoms with van der Waals surface area (Å²) in [6.45, 7) is 4.71. The Balaban J connectivity index is 1.03. The van der Waals surface area contributed by atoms with E-state index in [9.17, 15) is 0 Å². The molecule has 2 heteroatoms. The topological polar surface area (TPSA) is 25.8 Å². The number of hydrogen-bond acceptors (Lipinski definition) is 2. The smallest absolute Gasteiger partial charge is 0.160 e. The third-order valence-electron chi connectivity index (χ3n) is 12.1. The Labute approximate surface area is 332 Å². The molecule has 0 radical (unpaired) electrons. The van der Waals surface area contributed by atoms with Gasteiger partial charge in [-0.1, -0.05) is 178 Å². The molecule has 10 aromatic rings. The monoisotopic (exact) mass is 726 g/mol. The average Bonchev–Trinajstić information content (AvgIpc) is 3.49. The van der Waals surface area contributed by atoms with Crippen LogP contribution in [0.1, 0.15) is 25.0 Å². The van der Waals surface area contributed by atoms with E-state index >= 15 is 0 Å². The second-order valence-corrected chi connectivity index (χ2v) is 15.8. The van der Waals surface area contributed by atoms with Gasteiger partial charge in [0, 0.05) is 22.1 Å². The highest BCUT2D eigenvalue weighted by atomic mass is 14.9. The van der Waals surface area contributed by atoms with E-state index in [1.807, 2.05) is 18.2 Å². The lowest BCUT2D eigenvalue weighted by Crippen LogP contribution is -2.14. The molecule has 1 aromatic heterocycles.